The largest absolute Gasteiger partial charge is 0.462 e. The van der Waals surface area contributed by atoms with E-state index in [1.54, 1.807) is 0 Å². The molecule has 0 aromatic heterocycles. The summed E-state index contributed by atoms with van der Waals surface area (Å²) in [6.07, 6.45) is 97.1. The van der Waals surface area contributed by atoms with E-state index < -0.39 is 6.10 Å². The van der Waals surface area contributed by atoms with Crippen LogP contribution in [0.5, 0.6) is 0 Å². The molecule has 0 spiro atoms. The number of carbonyl (C=O) groups excluding carboxylic acids is 3. The Balaban J connectivity index is 4.26. The quantitative estimate of drug-likeness (QED) is 0.0261. The summed E-state index contributed by atoms with van der Waals surface area (Å²) in [5.41, 5.74) is 0. The van der Waals surface area contributed by atoms with Gasteiger partial charge in [-0.1, -0.05) is 348 Å². The third-order valence-electron chi connectivity index (χ3n) is 15.3. The predicted octanol–water partition coefficient (Wildman–Crippen LogP) is 24.6. The molecule has 0 bridgehead atoms. The third-order valence-corrected chi connectivity index (χ3v) is 15.3. The first-order valence-electron chi connectivity index (χ1n) is 35.4. The van der Waals surface area contributed by atoms with E-state index in [-0.39, 0.29) is 37.5 Å². The molecule has 0 aliphatic heterocycles. The summed E-state index contributed by atoms with van der Waals surface area (Å²) in [6, 6.07) is 0. The molecule has 0 fully saturated rings. The molecule has 0 radical (unpaired) electrons. The molecule has 0 saturated carbocycles. The van der Waals surface area contributed by atoms with E-state index in [0.29, 0.717) is 19.3 Å². The highest BCUT2D eigenvalue weighted by atomic mass is 16.6. The first-order chi connectivity index (χ1) is 41.0. The highest BCUT2D eigenvalue weighted by molar-refractivity contribution is 5.71. The molecule has 83 heavy (non-hydrogen) atoms. The molecule has 0 rings (SSSR count). The second-order valence-corrected chi connectivity index (χ2v) is 23.4. The Kier molecular flexibility index (Phi) is 67.2. The number of carbonyl (C=O) groups is 3. The molecule has 6 nitrogen and oxygen atoms in total. The molecule has 476 valence electrons. The van der Waals surface area contributed by atoms with Crippen LogP contribution in [0.15, 0.2) is 109 Å². The van der Waals surface area contributed by atoms with Gasteiger partial charge in [-0.2, -0.15) is 0 Å². The van der Waals surface area contributed by atoms with Gasteiger partial charge in [-0.05, 0) is 83.5 Å². The second-order valence-electron chi connectivity index (χ2n) is 23.4. The van der Waals surface area contributed by atoms with E-state index in [1.165, 1.54) is 193 Å². The van der Waals surface area contributed by atoms with Crippen LogP contribution in [0.1, 0.15) is 342 Å². The molecule has 0 amide bonds. The van der Waals surface area contributed by atoms with Gasteiger partial charge in [0.1, 0.15) is 13.2 Å². The van der Waals surface area contributed by atoms with Crippen molar-refractivity contribution < 1.29 is 28.6 Å². The molecular formula is C77H132O6. The standard InChI is InChI=1S/C77H132O6/c1-4-7-10-13-16-19-21-23-25-27-29-31-33-35-37-38-40-41-43-45-47-49-51-53-55-58-61-64-67-70-76(79)82-73-74(72-81-75(78)69-66-63-60-57-18-15-12-9-6-3)83-77(80)71-68-65-62-59-56-54-52-50-48-46-44-42-39-36-34-32-30-28-26-24-22-20-17-14-11-8-5-2/h7,10,16,19,23,25,29,31,35,37,40-41,45,47,51,53,58,61,74H,4-6,8-9,11-15,17-18,20-22,24,26-28,30,32-34,36,38-39,42-44,46,48-50,52,54-57,59-60,62-73H2,1-3H3/b10-7-,19-16-,25-23-,31-29-,37-35-,41-40-,47-45-,53-51-,61-58-. The van der Waals surface area contributed by atoms with Crippen molar-refractivity contribution in [2.45, 2.75) is 348 Å². The number of unbranched alkanes of at least 4 members (excludes halogenated alkanes) is 35. The fraction of sp³-hybridized carbons (Fsp3) is 0.727. The molecule has 0 aliphatic rings. The lowest BCUT2D eigenvalue weighted by Gasteiger charge is -2.18. The molecule has 0 N–H and O–H groups in total. The molecule has 0 aromatic rings. The Morgan fingerprint density at radius 1 is 0.253 bits per heavy atom. The number of hydrogen-bond donors (Lipinski definition) is 0. The molecule has 6 heteroatoms. The zero-order valence-electron chi connectivity index (χ0n) is 54.7. The van der Waals surface area contributed by atoms with Crippen LogP contribution in [0.4, 0.5) is 0 Å². The Bertz CT molecular complexity index is 1660. The van der Waals surface area contributed by atoms with Crippen molar-refractivity contribution in [1.29, 1.82) is 0 Å². The lowest BCUT2D eigenvalue weighted by molar-refractivity contribution is -0.167. The fourth-order valence-corrected chi connectivity index (χ4v) is 10.0. The van der Waals surface area contributed by atoms with Crippen molar-refractivity contribution in [3.63, 3.8) is 0 Å². The lowest BCUT2D eigenvalue weighted by Crippen LogP contribution is -2.30. The molecule has 0 saturated heterocycles. The zero-order chi connectivity index (χ0) is 59.9. The van der Waals surface area contributed by atoms with E-state index >= 15 is 0 Å². The summed E-state index contributed by atoms with van der Waals surface area (Å²) in [5.74, 6) is -0.945. The highest BCUT2D eigenvalue weighted by Crippen LogP contribution is 2.18. The van der Waals surface area contributed by atoms with E-state index in [1.807, 2.05) is 0 Å². The first-order valence-corrected chi connectivity index (χ1v) is 35.4. The molecule has 0 heterocycles. The summed E-state index contributed by atoms with van der Waals surface area (Å²) in [5, 5.41) is 0. The number of hydrogen-bond acceptors (Lipinski definition) is 6. The second kappa shape index (κ2) is 70.6. The summed E-state index contributed by atoms with van der Waals surface area (Å²) in [7, 11) is 0. The van der Waals surface area contributed by atoms with Gasteiger partial charge in [-0.15, -0.1) is 0 Å². The Hall–Kier alpha value is -3.93. The van der Waals surface area contributed by atoms with Gasteiger partial charge in [0.25, 0.3) is 0 Å². The van der Waals surface area contributed by atoms with Crippen LogP contribution in [0.25, 0.3) is 0 Å². The fourth-order valence-electron chi connectivity index (χ4n) is 10.0. The predicted molar refractivity (Wildman–Crippen MR) is 362 cm³/mol. The van der Waals surface area contributed by atoms with Crippen LogP contribution >= 0.6 is 0 Å². The maximum atomic E-state index is 12.9. The van der Waals surface area contributed by atoms with Gasteiger partial charge in [0, 0.05) is 19.3 Å². The normalized spacial score (nSPS) is 12.8. The van der Waals surface area contributed by atoms with Crippen molar-refractivity contribution in [2.24, 2.45) is 0 Å². The third kappa shape index (κ3) is 68.7. The molecular weight excluding hydrogens is 1020 g/mol. The van der Waals surface area contributed by atoms with Gasteiger partial charge in [-0.25, -0.2) is 0 Å². The average Bonchev–Trinajstić information content (AvgIpc) is 3.49. The summed E-state index contributed by atoms with van der Waals surface area (Å²) >= 11 is 0. The molecule has 1 unspecified atom stereocenters. The van der Waals surface area contributed by atoms with Crippen molar-refractivity contribution in [1.82, 2.24) is 0 Å². The molecule has 1 atom stereocenters. The smallest absolute Gasteiger partial charge is 0.306 e. The highest BCUT2D eigenvalue weighted by Gasteiger charge is 2.19. The minimum atomic E-state index is -0.800. The van der Waals surface area contributed by atoms with Crippen molar-refractivity contribution in [2.75, 3.05) is 13.2 Å². The molecule has 0 aliphatic carbocycles. The number of ether oxygens (including phenoxy) is 3. The van der Waals surface area contributed by atoms with Crippen molar-refractivity contribution in [3.8, 4) is 0 Å². The summed E-state index contributed by atoms with van der Waals surface area (Å²) in [6.45, 7) is 6.50. The number of esters is 3. The van der Waals surface area contributed by atoms with Gasteiger partial charge in [-0.3, -0.25) is 14.4 Å². The Labute approximate surface area is 514 Å². The number of allylic oxidation sites excluding steroid dienone is 18. The van der Waals surface area contributed by atoms with Crippen LogP contribution in [0.3, 0.4) is 0 Å². The topological polar surface area (TPSA) is 78.9 Å². The molecule has 0 aromatic carbocycles. The maximum Gasteiger partial charge on any atom is 0.306 e. The van der Waals surface area contributed by atoms with E-state index in [9.17, 15) is 14.4 Å². The van der Waals surface area contributed by atoms with Crippen LogP contribution in [0, 0.1) is 0 Å². The maximum absolute atomic E-state index is 12.9. The Morgan fingerprint density at radius 3 is 0.735 bits per heavy atom. The summed E-state index contributed by atoms with van der Waals surface area (Å²) in [4.78, 5) is 38.3. The van der Waals surface area contributed by atoms with Crippen LogP contribution in [-0.4, -0.2) is 37.2 Å². The van der Waals surface area contributed by atoms with Gasteiger partial charge < -0.3 is 14.2 Å². The monoisotopic (exact) mass is 1150 g/mol. The summed E-state index contributed by atoms with van der Waals surface area (Å²) < 4.78 is 16.9. The Morgan fingerprint density at radius 2 is 0.470 bits per heavy atom. The van der Waals surface area contributed by atoms with Gasteiger partial charge in [0.2, 0.25) is 0 Å². The van der Waals surface area contributed by atoms with Gasteiger partial charge in [0.15, 0.2) is 6.10 Å². The van der Waals surface area contributed by atoms with Crippen LogP contribution in [-0.2, 0) is 28.6 Å². The average molecular weight is 1150 g/mol. The van der Waals surface area contributed by atoms with Crippen LogP contribution in [0.2, 0.25) is 0 Å². The van der Waals surface area contributed by atoms with Crippen LogP contribution < -0.4 is 0 Å². The van der Waals surface area contributed by atoms with Crippen molar-refractivity contribution in [3.05, 3.63) is 109 Å². The minimum absolute atomic E-state index is 0.0929. The van der Waals surface area contributed by atoms with Crippen molar-refractivity contribution >= 4 is 17.9 Å². The van der Waals surface area contributed by atoms with E-state index in [4.69, 9.17) is 14.2 Å². The number of rotatable bonds is 64. The van der Waals surface area contributed by atoms with Gasteiger partial charge in [0.05, 0.1) is 0 Å². The van der Waals surface area contributed by atoms with E-state index in [0.717, 1.165) is 103 Å². The SMILES string of the molecule is CC/C=C\C/C=C\C/C=C\C/C=C\C/C=C\C/C=C\C/C=C\C/C=C\C/C=C\CCCC(=O)OCC(COC(=O)CCCCCCCCCCC)OC(=O)CCCCCCCCCCCCCCCCCCCCCCCCCCCCC. The lowest BCUT2D eigenvalue weighted by atomic mass is 10.0. The minimum Gasteiger partial charge on any atom is -0.462 e. The van der Waals surface area contributed by atoms with E-state index in [2.05, 4.69) is 130 Å². The first kappa shape index (κ1) is 79.1. The zero-order valence-corrected chi connectivity index (χ0v) is 54.7. The van der Waals surface area contributed by atoms with Gasteiger partial charge >= 0.3 is 17.9 Å².